The third-order valence-corrected chi connectivity index (χ3v) is 13.3. The van der Waals surface area contributed by atoms with E-state index >= 15 is 0 Å². The highest BCUT2D eigenvalue weighted by atomic mass is 16.6. The molecular formula is C31H39NO6. The highest BCUT2D eigenvalue weighted by Crippen LogP contribution is 2.78. The molecule has 0 aromatic carbocycles. The summed E-state index contributed by atoms with van der Waals surface area (Å²) < 4.78 is 12.0. The minimum Gasteiger partial charge on any atom is -0.480 e. The van der Waals surface area contributed by atoms with Gasteiger partial charge in [0, 0.05) is 16.9 Å². The lowest BCUT2D eigenvalue weighted by molar-refractivity contribution is -0.208. The van der Waals surface area contributed by atoms with Gasteiger partial charge in [-0.25, -0.2) is 0 Å². The Hall–Kier alpha value is -2.44. The molecule has 38 heavy (non-hydrogen) atoms. The smallest absolute Gasteiger partial charge is 0.317 e. The van der Waals surface area contributed by atoms with Crippen LogP contribution in [0.15, 0.2) is 22.4 Å². The van der Waals surface area contributed by atoms with E-state index in [-0.39, 0.29) is 29.0 Å². The first-order valence-electron chi connectivity index (χ1n) is 14.3. The maximum Gasteiger partial charge on any atom is 0.317 e. The fourth-order valence-electron chi connectivity index (χ4n) is 11.0. The second-order valence-electron chi connectivity index (χ2n) is 15.2. The Labute approximate surface area is 223 Å². The largest absolute Gasteiger partial charge is 0.480 e. The van der Waals surface area contributed by atoms with E-state index in [0.29, 0.717) is 18.6 Å². The molecule has 0 unspecified atom stereocenters. The van der Waals surface area contributed by atoms with E-state index in [9.17, 15) is 19.5 Å². The zero-order valence-electron chi connectivity index (χ0n) is 23.4. The van der Waals surface area contributed by atoms with Crippen LogP contribution in [0.1, 0.15) is 97.8 Å². The third kappa shape index (κ3) is 2.29. The molecule has 6 aliphatic rings. The Morgan fingerprint density at radius 2 is 1.71 bits per heavy atom. The number of allylic oxidation sites excluding steroid dienone is 1. The summed E-state index contributed by atoms with van der Waals surface area (Å²) in [6, 6.07) is 0. The number of aromatic nitrogens is 1. The standard InChI is InChI=1S/C31H39NO6/c1-25(2)9-11-30-12-10-28(5)27(4)8-7-18-26(3,14-17-16-32-38-22(17)29(18,6)23(34)35)19(27)13-21(33)31(28,20(30)15-25)37-24(30)36/h13,16,18,20H,7-12,14-15H2,1-6H3,(H,34,35)/t18-,20-,26+,27-,28+,29+,30+,31-/m1/s1. The van der Waals surface area contributed by atoms with Crippen LogP contribution in [0.25, 0.3) is 0 Å². The molecule has 1 aromatic rings. The maximum absolute atomic E-state index is 14.6. The van der Waals surface area contributed by atoms with E-state index in [4.69, 9.17) is 9.26 Å². The van der Waals surface area contributed by atoms with Crippen molar-refractivity contribution in [2.75, 3.05) is 0 Å². The summed E-state index contributed by atoms with van der Waals surface area (Å²) in [5.41, 5.74) is -2.64. The Bertz CT molecular complexity index is 1360. The first kappa shape index (κ1) is 24.6. The van der Waals surface area contributed by atoms with Gasteiger partial charge < -0.3 is 14.4 Å². The number of hydrogen-bond donors (Lipinski definition) is 1. The summed E-state index contributed by atoms with van der Waals surface area (Å²) in [4.78, 5) is 41.2. The topological polar surface area (TPSA) is 107 Å². The van der Waals surface area contributed by atoms with E-state index in [1.54, 1.807) is 13.1 Å². The summed E-state index contributed by atoms with van der Waals surface area (Å²) in [5, 5.41) is 14.5. The summed E-state index contributed by atoms with van der Waals surface area (Å²) in [5.74, 6) is -1.10. The lowest BCUT2D eigenvalue weighted by Crippen LogP contribution is -2.72. The molecule has 2 bridgehead atoms. The van der Waals surface area contributed by atoms with Crippen molar-refractivity contribution in [2.24, 2.45) is 38.9 Å². The Morgan fingerprint density at radius 1 is 1.00 bits per heavy atom. The van der Waals surface area contributed by atoms with Gasteiger partial charge in [-0.05, 0) is 86.5 Å². The number of carboxylic acids is 1. The molecule has 1 spiro atoms. The fourth-order valence-corrected chi connectivity index (χ4v) is 11.0. The minimum absolute atomic E-state index is 0.0412. The fraction of sp³-hybridized carbons (Fsp3) is 0.742. The minimum atomic E-state index is -1.24. The van der Waals surface area contributed by atoms with Crippen LogP contribution in [-0.4, -0.2) is 33.6 Å². The van der Waals surface area contributed by atoms with Crippen molar-refractivity contribution in [2.45, 2.75) is 104 Å². The highest BCUT2D eigenvalue weighted by molar-refractivity contribution is 6.05. The summed E-state index contributed by atoms with van der Waals surface area (Å²) in [6.45, 7) is 12.9. The van der Waals surface area contributed by atoms with E-state index < -0.39 is 38.6 Å². The van der Waals surface area contributed by atoms with E-state index in [1.165, 1.54) is 0 Å². The Kier molecular flexibility index (Phi) is 4.30. The molecule has 3 saturated carbocycles. The number of ketones is 1. The lowest BCUT2D eigenvalue weighted by Gasteiger charge is -2.69. The second-order valence-corrected chi connectivity index (χ2v) is 15.2. The number of rotatable bonds is 1. The average Bonchev–Trinajstić information content (AvgIpc) is 3.37. The molecule has 5 aliphatic carbocycles. The van der Waals surface area contributed by atoms with Crippen LogP contribution in [0.4, 0.5) is 0 Å². The van der Waals surface area contributed by atoms with Gasteiger partial charge in [-0.1, -0.05) is 45.3 Å². The lowest BCUT2D eigenvalue weighted by atomic mass is 9.33. The number of fused-ring (bicyclic) bond motifs is 5. The van der Waals surface area contributed by atoms with Gasteiger partial charge in [-0.3, -0.25) is 14.4 Å². The molecular weight excluding hydrogens is 482 g/mol. The molecule has 8 atom stereocenters. The Balaban J connectivity index is 1.45. The molecule has 1 aromatic heterocycles. The van der Waals surface area contributed by atoms with Crippen LogP contribution in [0.2, 0.25) is 0 Å². The number of carbonyl (C=O) groups excluding carboxylic acids is 2. The zero-order valence-corrected chi connectivity index (χ0v) is 23.4. The second kappa shape index (κ2) is 6.64. The van der Waals surface area contributed by atoms with Crippen LogP contribution in [0, 0.1) is 38.9 Å². The normalized spacial score (nSPS) is 50.0. The molecule has 2 heterocycles. The maximum atomic E-state index is 14.6. The van der Waals surface area contributed by atoms with Gasteiger partial charge in [-0.15, -0.1) is 0 Å². The van der Waals surface area contributed by atoms with Crippen LogP contribution in [-0.2, 0) is 31.0 Å². The average molecular weight is 522 g/mol. The first-order chi connectivity index (χ1) is 17.6. The number of nitrogens with zero attached hydrogens (tertiary/aromatic N) is 1. The van der Waals surface area contributed by atoms with Crippen LogP contribution in [0.3, 0.4) is 0 Å². The van der Waals surface area contributed by atoms with Crippen molar-refractivity contribution < 1.29 is 28.8 Å². The molecule has 1 saturated heterocycles. The van der Waals surface area contributed by atoms with Crippen LogP contribution in [0.5, 0.6) is 0 Å². The molecule has 1 aliphatic heterocycles. The van der Waals surface area contributed by atoms with Crippen molar-refractivity contribution in [1.29, 1.82) is 0 Å². The molecule has 7 heteroatoms. The van der Waals surface area contributed by atoms with E-state index in [0.717, 1.165) is 49.7 Å². The molecule has 4 fully saturated rings. The number of hydrogen-bond acceptors (Lipinski definition) is 6. The predicted octanol–water partition coefficient (Wildman–Crippen LogP) is 5.41. The van der Waals surface area contributed by atoms with Crippen LogP contribution >= 0.6 is 0 Å². The molecule has 0 amide bonds. The highest BCUT2D eigenvalue weighted by Gasteiger charge is 2.82. The van der Waals surface area contributed by atoms with Gasteiger partial charge in [0.25, 0.3) is 0 Å². The molecule has 7 rings (SSSR count). The molecule has 204 valence electrons. The van der Waals surface area contributed by atoms with Crippen LogP contribution < -0.4 is 0 Å². The van der Waals surface area contributed by atoms with Gasteiger partial charge >= 0.3 is 11.9 Å². The summed E-state index contributed by atoms with van der Waals surface area (Å²) >= 11 is 0. The van der Waals surface area contributed by atoms with Gasteiger partial charge in [0.1, 0.15) is 5.41 Å². The monoisotopic (exact) mass is 521 g/mol. The van der Waals surface area contributed by atoms with Gasteiger partial charge in [0.05, 0.1) is 11.6 Å². The van der Waals surface area contributed by atoms with Gasteiger partial charge in [0.15, 0.2) is 17.1 Å². The summed E-state index contributed by atoms with van der Waals surface area (Å²) in [6.07, 6.45) is 9.52. The molecule has 0 radical (unpaired) electrons. The molecule has 1 N–H and O–H groups in total. The third-order valence-electron chi connectivity index (χ3n) is 13.3. The van der Waals surface area contributed by atoms with Crippen molar-refractivity contribution in [3.05, 3.63) is 29.2 Å². The van der Waals surface area contributed by atoms with E-state index in [2.05, 4.69) is 39.8 Å². The van der Waals surface area contributed by atoms with Crippen molar-refractivity contribution in [3.63, 3.8) is 0 Å². The number of ether oxygens (including phenoxy) is 1. The van der Waals surface area contributed by atoms with Crippen molar-refractivity contribution >= 4 is 17.7 Å². The quantitative estimate of drug-likeness (QED) is 0.492. The summed E-state index contributed by atoms with van der Waals surface area (Å²) in [7, 11) is 0. The number of carboxylic acid groups (broad SMARTS) is 1. The van der Waals surface area contributed by atoms with Gasteiger partial charge in [-0.2, -0.15) is 0 Å². The molecule has 7 nitrogen and oxygen atoms in total. The number of esters is 1. The Morgan fingerprint density at radius 3 is 2.42 bits per heavy atom. The number of carbonyl (C=O) groups is 3. The first-order valence-corrected chi connectivity index (χ1v) is 14.3. The van der Waals surface area contributed by atoms with E-state index in [1.807, 2.05) is 6.08 Å². The SMILES string of the molecule is CC1(C)CC[C@@]23CC[C@@]4(C)[C@]5(C)CC[C@@H]6[C@](C)(Cc7cnoc7[C@@]6(C)C(=O)O)C5=CC(=O)[C@]4(OC2=O)[C@@H]3C1. The van der Waals surface area contributed by atoms with Crippen molar-refractivity contribution in [3.8, 4) is 0 Å². The zero-order chi connectivity index (χ0) is 27.3. The van der Waals surface area contributed by atoms with Crippen molar-refractivity contribution in [1.82, 2.24) is 5.16 Å². The van der Waals surface area contributed by atoms with Gasteiger partial charge in [0.2, 0.25) is 0 Å². The predicted molar refractivity (Wildman–Crippen MR) is 137 cm³/mol. The number of aliphatic carboxylic acids is 1.